The number of aryl methyl sites for hydroxylation is 5. The lowest BCUT2D eigenvalue weighted by atomic mass is 10.0. The zero-order valence-electron chi connectivity index (χ0n) is 11.2. The molecule has 1 nitrogen and oxygen atoms in total. The Kier molecular flexibility index (Phi) is 3.34. The van der Waals surface area contributed by atoms with Gasteiger partial charge in [-0.2, -0.15) is 0 Å². The van der Waals surface area contributed by atoms with Crippen LogP contribution in [0.5, 0.6) is 0 Å². The van der Waals surface area contributed by atoms with Crippen molar-refractivity contribution in [2.75, 3.05) is 0 Å². The zero-order valence-corrected chi connectivity index (χ0v) is 12.0. The van der Waals surface area contributed by atoms with Gasteiger partial charge in [-0.05, 0) is 45.2 Å². The molecule has 0 aliphatic rings. The van der Waals surface area contributed by atoms with Gasteiger partial charge in [0.25, 0.3) is 0 Å². The highest BCUT2D eigenvalue weighted by atomic mass is 32.1. The summed E-state index contributed by atoms with van der Waals surface area (Å²) in [5, 5.41) is 1.18. The van der Waals surface area contributed by atoms with Crippen molar-refractivity contribution in [1.82, 2.24) is 4.98 Å². The molecule has 0 spiro atoms. The Labute approximate surface area is 108 Å². The molecule has 0 aliphatic carbocycles. The van der Waals surface area contributed by atoms with Gasteiger partial charge < -0.3 is 0 Å². The minimum Gasteiger partial charge on any atom is -0.241 e. The number of thiazole rings is 1. The average Bonchev–Trinajstić information content (AvgIpc) is 2.57. The first-order valence-electron chi connectivity index (χ1n) is 6.07. The van der Waals surface area contributed by atoms with Gasteiger partial charge in [0.15, 0.2) is 0 Å². The quantitative estimate of drug-likeness (QED) is 0.753. The maximum Gasteiger partial charge on any atom is 0.124 e. The van der Waals surface area contributed by atoms with Crippen molar-refractivity contribution in [3.8, 4) is 10.6 Å². The molecule has 0 fully saturated rings. The van der Waals surface area contributed by atoms with Crippen LogP contribution in [-0.2, 0) is 6.42 Å². The Morgan fingerprint density at radius 3 is 2.12 bits per heavy atom. The first kappa shape index (κ1) is 12.3. The number of hydrogen-bond donors (Lipinski definition) is 0. The van der Waals surface area contributed by atoms with Gasteiger partial charge in [-0.3, -0.25) is 0 Å². The van der Waals surface area contributed by atoms with Crippen molar-refractivity contribution in [2.24, 2.45) is 0 Å². The van der Waals surface area contributed by atoms with Crippen LogP contribution in [0, 0.1) is 27.7 Å². The Balaban J connectivity index is 2.60. The highest BCUT2D eigenvalue weighted by Gasteiger charge is 2.12. The van der Waals surface area contributed by atoms with Crippen LogP contribution < -0.4 is 0 Å². The number of nitrogens with zero attached hydrogens (tertiary/aromatic N) is 1. The molecular weight excluding hydrogens is 226 g/mol. The van der Waals surface area contributed by atoms with Gasteiger partial charge in [-0.15, -0.1) is 11.3 Å². The SMILES string of the molecule is CCc1sc(-c2c(C)cc(C)cc2C)nc1C. The van der Waals surface area contributed by atoms with E-state index >= 15 is 0 Å². The van der Waals surface area contributed by atoms with Gasteiger partial charge in [0.05, 0.1) is 5.69 Å². The molecule has 0 saturated heterocycles. The smallest absolute Gasteiger partial charge is 0.124 e. The van der Waals surface area contributed by atoms with Gasteiger partial charge >= 0.3 is 0 Å². The summed E-state index contributed by atoms with van der Waals surface area (Å²) in [6, 6.07) is 4.48. The van der Waals surface area contributed by atoms with Crippen molar-refractivity contribution in [3.63, 3.8) is 0 Å². The maximum atomic E-state index is 4.72. The molecule has 90 valence electrons. The average molecular weight is 245 g/mol. The molecule has 17 heavy (non-hydrogen) atoms. The van der Waals surface area contributed by atoms with Crippen LogP contribution in [-0.4, -0.2) is 4.98 Å². The van der Waals surface area contributed by atoms with Crippen LogP contribution in [0.4, 0.5) is 0 Å². The summed E-state index contributed by atoms with van der Waals surface area (Å²) in [4.78, 5) is 6.12. The second-order valence-electron chi connectivity index (χ2n) is 4.65. The third-order valence-electron chi connectivity index (χ3n) is 3.10. The molecule has 0 atom stereocenters. The van der Waals surface area contributed by atoms with E-state index in [2.05, 4.69) is 46.8 Å². The van der Waals surface area contributed by atoms with Crippen LogP contribution >= 0.6 is 11.3 Å². The number of benzene rings is 1. The molecule has 1 aromatic heterocycles. The van der Waals surface area contributed by atoms with Crippen LogP contribution in [0.3, 0.4) is 0 Å². The first-order chi connectivity index (χ1) is 8.02. The fourth-order valence-corrected chi connectivity index (χ4v) is 3.56. The predicted octanol–water partition coefficient (Wildman–Crippen LogP) is 4.61. The molecule has 2 aromatic rings. The van der Waals surface area contributed by atoms with E-state index in [-0.39, 0.29) is 0 Å². The van der Waals surface area contributed by atoms with E-state index in [1.807, 2.05) is 11.3 Å². The Morgan fingerprint density at radius 1 is 1.06 bits per heavy atom. The molecule has 0 amide bonds. The molecule has 0 unspecified atom stereocenters. The Hall–Kier alpha value is -1.15. The summed E-state index contributed by atoms with van der Waals surface area (Å²) >= 11 is 1.84. The molecule has 0 radical (unpaired) electrons. The number of aromatic nitrogens is 1. The molecule has 2 rings (SSSR count). The summed E-state index contributed by atoms with van der Waals surface area (Å²) in [7, 11) is 0. The second-order valence-corrected chi connectivity index (χ2v) is 5.74. The predicted molar refractivity (Wildman–Crippen MR) is 75.9 cm³/mol. The van der Waals surface area contributed by atoms with Crippen molar-refractivity contribution < 1.29 is 0 Å². The summed E-state index contributed by atoms with van der Waals surface area (Å²) < 4.78 is 0. The monoisotopic (exact) mass is 245 g/mol. The molecule has 0 aliphatic heterocycles. The number of rotatable bonds is 2. The molecule has 0 N–H and O–H groups in total. The molecule has 0 saturated carbocycles. The maximum absolute atomic E-state index is 4.72. The van der Waals surface area contributed by atoms with Gasteiger partial charge in [0, 0.05) is 10.4 Å². The van der Waals surface area contributed by atoms with Crippen molar-refractivity contribution >= 4 is 11.3 Å². The molecule has 1 aromatic carbocycles. The summed E-state index contributed by atoms with van der Waals surface area (Å²) in [5.74, 6) is 0. The van der Waals surface area contributed by atoms with Gasteiger partial charge in [-0.25, -0.2) is 4.98 Å². The van der Waals surface area contributed by atoms with Crippen molar-refractivity contribution in [2.45, 2.75) is 41.0 Å². The Morgan fingerprint density at radius 2 is 1.65 bits per heavy atom. The first-order valence-corrected chi connectivity index (χ1v) is 6.89. The van der Waals surface area contributed by atoms with E-state index in [1.54, 1.807) is 0 Å². The fraction of sp³-hybridized carbons (Fsp3) is 0.400. The van der Waals surface area contributed by atoms with Crippen LogP contribution in [0.1, 0.15) is 34.2 Å². The fourth-order valence-electron chi connectivity index (χ4n) is 2.38. The van der Waals surface area contributed by atoms with Crippen LogP contribution in [0.25, 0.3) is 10.6 Å². The zero-order chi connectivity index (χ0) is 12.6. The minimum absolute atomic E-state index is 1.08. The molecular formula is C15H19NS. The van der Waals surface area contributed by atoms with Crippen LogP contribution in [0.15, 0.2) is 12.1 Å². The summed E-state index contributed by atoms with van der Waals surface area (Å²) in [6.07, 6.45) is 1.08. The minimum atomic E-state index is 1.08. The van der Waals surface area contributed by atoms with Crippen LogP contribution in [0.2, 0.25) is 0 Å². The highest BCUT2D eigenvalue weighted by molar-refractivity contribution is 7.15. The number of hydrogen-bond acceptors (Lipinski definition) is 2. The summed E-state index contributed by atoms with van der Waals surface area (Å²) in [6.45, 7) is 10.8. The van der Waals surface area contributed by atoms with Gasteiger partial charge in [0.1, 0.15) is 5.01 Å². The van der Waals surface area contributed by atoms with Gasteiger partial charge in [-0.1, -0.05) is 24.6 Å². The van der Waals surface area contributed by atoms with E-state index in [0.717, 1.165) is 6.42 Å². The third kappa shape index (κ3) is 2.27. The van der Waals surface area contributed by atoms with Crippen molar-refractivity contribution in [3.05, 3.63) is 39.4 Å². The third-order valence-corrected chi connectivity index (χ3v) is 4.42. The lowest BCUT2D eigenvalue weighted by Crippen LogP contribution is -1.89. The standard InChI is InChI=1S/C15H19NS/c1-6-13-12(5)16-15(17-13)14-10(3)7-9(2)8-11(14)4/h7-8H,6H2,1-5H3. The molecule has 2 heteroatoms. The highest BCUT2D eigenvalue weighted by Crippen LogP contribution is 2.33. The molecule has 1 heterocycles. The van der Waals surface area contributed by atoms with E-state index < -0.39 is 0 Å². The van der Waals surface area contributed by atoms with E-state index in [9.17, 15) is 0 Å². The lowest BCUT2D eigenvalue weighted by molar-refractivity contribution is 1.11. The topological polar surface area (TPSA) is 12.9 Å². The normalized spacial score (nSPS) is 10.9. The van der Waals surface area contributed by atoms with E-state index in [1.165, 1.54) is 37.8 Å². The van der Waals surface area contributed by atoms with E-state index in [4.69, 9.17) is 4.98 Å². The van der Waals surface area contributed by atoms with E-state index in [0.29, 0.717) is 0 Å². The lowest BCUT2D eigenvalue weighted by Gasteiger charge is -2.08. The Bertz CT molecular complexity index is 529. The second kappa shape index (κ2) is 4.61. The largest absolute Gasteiger partial charge is 0.241 e. The van der Waals surface area contributed by atoms with Gasteiger partial charge in [0.2, 0.25) is 0 Å². The van der Waals surface area contributed by atoms with Crippen molar-refractivity contribution in [1.29, 1.82) is 0 Å². The summed E-state index contributed by atoms with van der Waals surface area (Å²) in [5.41, 5.74) is 6.50. The molecule has 0 bridgehead atoms.